The Kier molecular flexibility index (Phi) is 5.33. The van der Waals surface area contributed by atoms with Crippen molar-refractivity contribution in [2.75, 3.05) is 26.2 Å². The van der Waals surface area contributed by atoms with Crippen molar-refractivity contribution >= 4 is 22.0 Å². The SMILES string of the molecule is C[C@H](C(N)=O)[NH+]1CCN(S(=O)(=O)/C=C/c2ccccc2)CC1. The number of quaternary nitrogens is 1. The topological polar surface area (TPSA) is 84.9 Å². The van der Waals surface area contributed by atoms with Crippen molar-refractivity contribution < 1.29 is 18.1 Å². The first kappa shape index (κ1) is 16.7. The van der Waals surface area contributed by atoms with Gasteiger partial charge in [0, 0.05) is 5.41 Å². The summed E-state index contributed by atoms with van der Waals surface area (Å²) in [6.45, 7) is 3.74. The third-order valence-electron chi connectivity index (χ3n) is 4.00. The van der Waals surface area contributed by atoms with Crippen LogP contribution in [0.25, 0.3) is 6.08 Å². The lowest BCUT2D eigenvalue weighted by molar-refractivity contribution is -0.917. The normalized spacial score (nSPS) is 19.3. The van der Waals surface area contributed by atoms with Gasteiger partial charge in [-0.05, 0) is 18.6 Å². The molecule has 1 atom stereocenters. The first-order valence-electron chi connectivity index (χ1n) is 7.27. The quantitative estimate of drug-likeness (QED) is 0.733. The fourth-order valence-electron chi connectivity index (χ4n) is 2.48. The summed E-state index contributed by atoms with van der Waals surface area (Å²) in [6.07, 6.45) is 1.60. The molecule has 0 aliphatic carbocycles. The maximum absolute atomic E-state index is 12.3. The fraction of sp³-hybridized carbons (Fsp3) is 0.400. The van der Waals surface area contributed by atoms with E-state index >= 15 is 0 Å². The number of sulfonamides is 1. The van der Waals surface area contributed by atoms with E-state index in [4.69, 9.17) is 5.73 Å². The Balaban J connectivity index is 1.98. The van der Waals surface area contributed by atoms with Gasteiger partial charge in [-0.3, -0.25) is 4.79 Å². The molecule has 120 valence electrons. The maximum Gasteiger partial charge on any atom is 0.275 e. The number of hydrogen-bond acceptors (Lipinski definition) is 3. The highest BCUT2D eigenvalue weighted by Gasteiger charge is 2.31. The molecule has 7 heteroatoms. The minimum absolute atomic E-state index is 0.287. The lowest BCUT2D eigenvalue weighted by Gasteiger charge is -2.33. The van der Waals surface area contributed by atoms with Gasteiger partial charge in [0.05, 0.1) is 26.2 Å². The second kappa shape index (κ2) is 7.04. The molecule has 1 amide bonds. The van der Waals surface area contributed by atoms with E-state index in [0.29, 0.717) is 26.2 Å². The average molecular weight is 324 g/mol. The van der Waals surface area contributed by atoms with Crippen molar-refractivity contribution in [1.29, 1.82) is 0 Å². The molecular formula is C15H22N3O3S+. The highest BCUT2D eigenvalue weighted by molar-refractivity contribution is 7.92. The zero-order chi connectivity index (χ0) is 16.2. The molecule has 0 bridgehead atoms. The summed E-state index contributed by atoms with van der Waals surface area (Å²) in [5.41, 5.74) is 6.14. The molecule has 1 fully saturated rings. The molecule has 1 aromatic rings. The molecule has 0 radical (unpaired) electrons. The Morgan fingerprint density at radius 3 is 2.41 bits per heavy atom. The van der Waals surface area contributed by atoms with E-state index in [1.807, 2.05) is 30.3 Å². The number of benzene rings is 1. The second-order valence-electron chi connectivity index (χ2n) is 5.44. The number of piperazine rings is 1. The lowest BCUT2D eigenvalue weighted by Crippen LogP contribution is -3.19. The van der Waals surface area contributed by atoms with Crippen LogP contribution in [0, 0.1) is 0 Å². The largest absolute Gasteiger partial charge is 0.365 e. The Bertz CT molecular complexity index is 635. The third-order valence-corrected chi connectivity index (χ3v) is 5.56. The minimum Gasteiger partial charge on any atom is -0.365 e. The first-order chi connectivity index (χ1) is 10.4. The van der Waals surface area contributed by atoms with Crippen LogP contribution in [0.1, 0.15) is 12.5 Å². The highest BCUT2D eigenvalue weighted by Crippen LogP contribution is 2.08. The Morgan fingerprint density at radius 2 is 1.86 bits per heavy atom. The van der Waals surface area contributed by atoms with Gasteiger partial charge in [-0.1, -0.05) is 30.3 Å². The number of nitrogens with one attached hydrogen (secondary N) is 1. The summed E-state index contributed by atoms with van der Waals surface area (Å²) in [5.74, 6) is -0.352. The van der Waals surface area contributed by atoms with Crippen LogP contribution in [0.3, 0.4) is 0 Å². The fourth-order valence-corrected chi connectivity index (χ4v) is 3.67. The van der Waals surface area contributed by atoms with E-state index in [0.717, 1.165) is 10.5 Å². The molecule has 0 aromatic heterocycles. The lowest BCUT2D eigenvalue weighted by atomic mass is 10.2. The van der Waals surface area contributed by atoms with Crippen LogP contribution < -0.4 is 10.6 Å². The van der Waals surface area contributed by atoms with E-state index < -0.39 is 10.0 Å². The van der Waals surface area contributed by atoms with Crippen molar-refractivity contribution in [3.63, 3.8) is 0 Å². The van der Waals surface area contributed by atoms with Crippen molar-refractivity contribution in [2.24, 2.45) is 5.73 Å². The summed E-state index contributed by atoms with van der Waals surface area (Å²) < 4.78 is 26.1. The summed E-state index contributed by atoms with van der Waals surface area (Å²) in [5, 5.41) is 1.24. The number of amides is 1. The molecule has 0 saturated carbocycles. The number of carbonyl (C=O) groups is 1. The summed E-state index contributed by atoms with van der Waals surface area (Å²) in [4.78, 5) is 12.2. The van der Waals surface area contributed by atoms with Crippen LogP contribution in [0.15, 0.2) is 35.7 Å². The van der Waals surface area contributed by atoms with Gasteiger partial charge >= 0.3 is 0 Å². The highest BCUT2D eigenvalue weighted by atomic mass is 32.2. The minimum atomic E-state index is -3.43. The number of nitrogens with two attached hydrogens (primary N) is 1. The second-order valence-corrected chi connectivity index (χ2v) is 7.26. The molecule has 2 rings (SSSR count). The number of rotatable bonds is 5. The zero-order valence-corrected chi connectivity index (χ0v) is 13.4. The molecule has 3 N–H and O–H groups in total. The molecule has 0 unspecified atom stereocenters. The molecule has 1 aromatic carbocycles. The molecule has 1 aliphatic rings. The molecule has 1 heterocycles. The summed E-state index contributed by atoms with van der Waals surface area (Å²) >= 11 is 0. The number of primary amides is 1. The number of carbonyl (C=O) groups excluding carboxylic acids is 1. The summed E-state index contributed by atoms with van der Waals surface area (Å²) in [7, 11) is -3.43. The van der Waals surface area contributed by atoms with Gasteiger partial charge in [0.2, 0.25) is 10.0 Å². The van der Waals surface area contributed by atoms with Crippen molar-refractivity contribution in [3.05, 3.63) is 41.3 Å². The maximum atomic E-state index is 12.3. The molecule has 1 aliphatic heterocycles. The van der Waals surface area contributed by atoms with Crippen LogP contribution in [-0.2, 0) is 14.8 Å². The molecular weight excluding hydrogens is 302 g/mol. The average Bonchev–Trinajstić information content (AvgIpc) is 2.53. The zero-order valence-electron chi connectivity index (χ0n) is 12.6. The van der Waals surface area contributed by atoms with Gasteiger partial charge in [0.1, 0.15) is 0 Å². The Labute approximate surface area is 131 Å². The molecule has 22 heavy (non-hydrogen) atoms. The van der Waals surface area contributed by atoms with Crippen LogP contribution in [0.5, 0.6) is 0 Å². The van der Waals surface area contributed by atoms with E-state index in [2.05, 4.69) is 0 Å². The van der Waals surface area contributed by atoms with Gasteiger partial charge < -0.3 is 10.6 Å². The van der Waals surface area contributed by atoms with Crippen LogP contribution in [0.2, 0.25) is 0 Å². The molecule has 6 nitrogen and oxygen atoms in total. The molecule has 1 saturated heterocycles. The van der Waals surface area contributed by atoms with Crippen molar-refractivity contribution in [1.82, 2.24) is 4.31 Å². The molecule has 0 spiro atoms. The van der Waals surface area contributed by atoms with E-state index in [9.17, 15) is 13.2 Å². The predicted octanol–water partition coefficient (Wildman–Crippen LogP) is -0.939. The van der Waals surface area contributed by atoms with Gasteiger partial charge in [-0.25, -0.2) is 8.42 Å². The number of nitrogens with zero attached hydrogens (tertiary/aromatic N) is 1. The van der Waals surface area contributed by atoms with Gasteiger partial charge in [-0.15, -0.1) is 0 Å². The van der Waals surface area contributed by atoms with Crippen molar-refractivity contribution in [2.45, 2.75) is 13.0 Å². The smallest absolute Gasteiger partial charge is 0.275 e. The predicted molar refractivity (Wildman–Crippen MR) is 85.3 cm³/mol. The van der Waals surface area contributed by atoms with Gasteiger partial charge in [-0.2, -0.15) is 4.31 Å². The van der Waals surface area contributed by atoms with E-state index in [1.165, 1.54) is 9.71 Å². The number of hydrogen-bond donors (Lipinski definition) is 2. The van der Waals surface area contributed by atoms with Gasteiger partial charge in [0.25, 0.3) is 5.91 Å². The van der Waals surface area contributed by atoms with Gasteiger partial charge in [0.15, 0.2) is 6.04 Å². The van der Waals surface area contributed by atoms with E-state index in [-0.39, 0.29) is 11.9 Å². The van der Waals surface area contributed by atoms with Crippen LogP contribution in [0.4, 0.5) is 0 Å². The van der Waals surface area contributed by atoms with Crippen LogP contribution in [-0.4, -0.2) is 50.9 Å². The Hall–Kier alpha value is -1.70. The summed E-state index contributed by atoms with van der Waals surface area (Å²) in [6, 6.07) is 9.02. The first-order valence-corrected chi connectivity index (χ1v) is 8.77. The standard InChI is InChI=1S/C15H21N3O3S/c1-13(15(16)19)17-8-10-18(11-9-17)22(20,21)12-7-14-5-3-2-4-6-14/h2-7,12-13H,8-11H2,1H3,(H2,16,19)/p+1/b12-7+/t13-/m1/s1. The van der Waals surface area contributed by atoms with Crippen molar-refractivity contribution in [3.8, 4) is 0 Å². The van der Waals surface area contributed by atoms with Crippen LogP contribution >= 0.6 is 0 Å². The Morgan fingerprint density at radius 1 is 1.27 bits per heavy atom. The van der Waals surface area contributed by atoms with E-state index in [1.54, 1.807) is 13.0 Å². The third kappa shape index (κ3) is 4.16. The monoisotopic (exact) mass is 324 g/mol.